The summed E-state index contributed by atoms with van der Waals surface area (Å²) >= 11 is 0. The van der Waals surface area contributed by atoms with Gasteiger partial charge >= 0.3 is 0 Å². The quantitative estimate of drug-likeness (QED) is 0.105. The molecule has 0 N–H and O–H groups in total. The average molecular weight is 861 g/mol. The number of benzene rings is 9. The van der Waals surface area contributed by atoms with E-state index >= 15 is 0 Å². The van der Waals surface area contributed by atoms with Crippen molar-refractivity contribution < 1.29 is 4.42 Å². The van der Waals surface area contributed by atoms with E-state index in [0.717, 1.165) is 39.6 Å². The van der Waals surface area contributed by atoms with Gasteiger partial charge in [0, 0.05) is 43.7 Å². The lowest BCUT2D eigenvalue weighted by molar-refractivity contribution is 0.669. The molecule has 67 heavy (non-hydrogen) atoms. The minimum Gasteiger partial charge on any atom is -0.456 e. The Morgan fingerprint density at radius 3 is 1.43 bits per heavy atom. The minimum absolute atomic E-state index is 0.869. The number of hydrogen-bond acceptors (Lipinski definition) is 1. The maximum Gasteiger partial charge on any atom is 0.135 e. The van der Waals surface area contributed by atoms with E-state index in [4.69, 9.17) is 4.42 Å². The Labute approximate surface area is 390 Å². The van der Waals surface area contributed by atoms with Crippen LogP contribution in [0.3, 0.4) is 0 Å². The molecule has 0 bridgehead atoms. The summed E-state index contributed by atoms with van der Waals surface area (Å²) in [6.07, 6.45) is 10.6. The third-order valence-electron chi connectivity index (χ3n) is 12.7. The number of para-hydroxylation sites is 4. The largest absolute Gasteiger partial charge is 0.456 e. The Morgan fingerprint density at radius 2 is 0.866 bits per heavy atom. The van der Waals surface area contributed by atoms with Crippen molar-refractivity contribution in [2.24, 2.45) is 0 Å². The molecule has 3 heterocycles. The minimum atomic E-state index is 0.869. The molecular weight excluding hydrogens is 813 g/mol. The molecule has 0 spiro atoms. The highest BCUT2D eigenvalue weighted by Crippen LogP contribution is 2.40. The SMILES string of the molecule is C=CCC(=C)/C=C\C=C/C.c1ccc(-n2c3ccccc3c3cc(-c4cccc(-c5ccc6c(c5)c5cc(-c7ccc8oc9ccccc9c8c7)ccc5n6-c5ccccc5)c4)ccc32)cc1. The number of nitrogens with zero attached hydrogens (tertiary/aromatic N) is 2. The molecule has 0 radical (unpaired) electrons. The topological polar surface area (TPSA) is 23.0 Å². The van der Waals surface area contributed by atoms with Crippen molar-refractivity contribution in [1.29, 1.82) is 0 Å². The fourth-order valence-electron chi connectivity index (χ4n) is 9.59. The van der Waals surface area contributed by atoms with E-state index in [0.29, 0.717) is 0 Å². The Kier molecular flexibility index (Phi) is 10.9. The van der Waals surface area contributed by atoms with Gasteiger partial charge in [0.2, 0.25) is 0 Å². The summed E-state index contributed by atoms with van der Waals surface area (Å²) in [7, 11) is 0. The van der Waals surface area contributed by atoms with E-state index < -0.39 is 0 Å². The number of rotatable bonds is 9. The highest BCUT2D eigenvalue weighted by atomic mass is 16.3. The van der Waals surface area contributed by atoms with Gasteiger partial charge in [-0.15, -0.1) is 6.58 Å². The third kappa shape index (κ3) is 7.67. The lowest BCUT2D eigenvalue weighted by Gasteiger charge is -2.10. The van der Waals surface area contributed by atoms with Crippen molar-refractivity contribution >= 4 is 65.6 Å². The van der Waals surface area contributed by atoms with E-state index in [1.54, 1.807) is 0 Å². The Balaban J connectivity index is 0.000000446. The molecular formula is C64H48N2O. The van der Waals surface area contributed by atoms with Crippen molar-refractivity contribution in [3.05, 3.63) is 255 Å². The van der Waals surface area contributed by atoms with Crippen LogP contribution in [0.2, 0.25) is 0 Å². The zero-order valence-electron chi connectivity index (χ0n) is 37.4. The Morgan fingerprint density at radius 1 is 0.418 bits per heavy atom. The lowest BCUT2D eigenvalue weighted by atomic mass is 9.96. The van der Waals surface area contributed by atoms with Crippen LogP contribution in [0.5, 0.6) is 0 Å². The molecule has 12 rings (SSSR count). The fourth-order valence-corrected chi connectivity index (χ4v) is 9.59. The van der Waals surface area contributed by atoms with Gasteiger partial charge in [0.1, 0.15) is 11.2 Å². The van der Waals surface area contributed by atoms with Crippen LogP contribution in [0.1, 0.15) is 13.3 Å². The molecule has 0 saturated heterocycles. The molecule has 0 unspecified atom stereocenters. The summed E-state index contributed by atoms with van der Waals surface area (Å²) in [6, 6.07) is 74.6. The molecule has 0 aliphatic heterocycles. The van der Waals surface area contributed by atoms with E-state index in [9.17, 15) is 0 Å². The summed E-state index contributed by atoms with van der Waals surface area (Å²) in [5, 5.41) is 7.24. The van der Waals surface area contributed by atoms with Crippen molar-refractivity contribution in [2.45, 2.75) is 13.3 Å². The van der Waals surface area contributed by atoms with Gasteiger partial charge in [-0.05, 0) is 138 Å². The first-order valence-electron chi connectivity index (χ1n) is 22.9. The molecule has 3 nitrogen and oxygen atoms in total. The van der Waals surface area contributed by atoms with Crippen LogP contribution < -0.4 is 0 Å². The number of aromatic nitrogens is 2. The second-order valence-corrected chi connectivity index (χ2v) is 17.0. The molecule has 0 fully saturated rings. The first-order valence-corrected chi connectivity index (χ1v) is 22.9. The van der Waals surface area contributed by atoms with Crippen LogP contribution in [0, 0.1) is 0 Å². The zero-order valence-corrected chi connectivity index (χ0v) is 37.4. The predicted molar refractivity (Wildman–Crippen MR) is 287 cm³/mol. The second-order valence-electron chi connectivity index (χ2n) is 17.0. The zero-order chi connectivity index (χ0) is 45.3. The van der Waals surface area contributed by atoms with Crippen molar-refractivity contribution in [3.8, 4) is 44.8 Å². The molecule has 3 heteroatoms. The molecule has 0 amide bonds. The van der Waals surface area contributed by atoms with Gasteiger partial charge in [-0.3, -0.25) is 0 Å². The first-order chi connectivity index (χ1) is 33.1. The summed E-state index contributed by atoms with van der Waals surface area (Å²) in [4.78, 5) is 0. The monoisotopic (exact) mass is 860 g/mol. The molecule has 9 aromatic carbocycles. The van der Waals surface area contributed by atoms with Crippen LogP contribution in [-0.2, 0) is 0 Å². The summed E-state index contributed by atoms with van der Waals surface area (Å²) in [5.41, 5.74) is 17.2. The third-order valence-corrected chi connectivity index (χ3v) is 12.7. The van der Waals surface area contributed by atoms with E-state index in [-0.39, 0.29) is 0 Å². The Hall–Kier alpha value is -8.66. The molecule has 12 aromatic rings. The van der Waals surface area contributed by atoms with Gasteiger partial charge in [-0.2, -0.15) is 0 Å². The summed E-state index contributed by atoms with van der Waals surface area (Å²) in [6.45, 7) is 9.43. The molecule has 0 atom stereocenters. The molecule has 320 valence electrons. The number of hydrogen-bond donors (Lipinski definition) is 0. The average Bonchev–Trinajstić information content (AvgIpc) is 4.04. The second kappa shape index (κ2) is 17.7. The normalized spacial score (nSPS) is 11.7. The van der Waals surface area contributed by atoms with E-state index in [1.165, 1.54) is 82.7 Å². The van der Waals surface area contributed by atoms with E-state index in [1.807, 2.05) is 49.4 Å². The maximum absolute atomic E-state index is 6.16. The molecule has 3 aromatic heterocycles. The first kappa shape index (κ1) is 41.1. The van der Waals surface area contributed by atoms with Crippen molar-refractivity contribution in [1.82, 2.24) is 9.13 Å². The van der Waals surface area contributed by atoms with Gasteiger partial charge in [0.15, 0.2) is 0 Å². The summed E-state index contributed by atoms with van der Waals surface area (Å²) in [5.74, 6) is 0. The lowest BCUT2D eigenvalue weighted by Crippen LogP contribution is -1.93. The van der Waals surface area contributed by atoms with Crippen molar-refractivity contribution in [2.75, 3.05) is 0 Å². The number of fused-ring (bicyclic) bond motifs is 9. The smallest absolute Gasteiger partial charge is 0.135 e. The van der Waals surface area contributed by atoms with Crippen LogP contribution in [0.4, 0.5) is 0 Å². The van der Waals surface area contributed by atoms with Gasteiger partial charge in [-0.25, -0.2) is 0 Å². The van der Waals surface area contributed by atoms with Crippen LogP contribution in [0.15, 0.2) is 260 Å². The highest BCUT2D eigenvalue weighted by Gasteiger charge is 2.17. The molecule has 0 aliphatic carbocycles. The van der Waals surface area contributed by atoms with E-state index in [2.05, 4.69) is 216 Å². The van der Waals surface area contributed by atoms with Gasteiger partial charge in [0.25, 0.3) is 0 Å². The van der Waals surface area contributed by atoms with Gasteiger partial charge in [-0.1, -0.05) is 158 Å². The highest BCUT2D eigenvalue weighted by molar-refractivity contribution is 6.13. The van der Waals surface area contributed by atoms with Crippen LogP contribution in [-0.4, -0.2) is 9.13 Å². The molecule has 0 saturated carbocycles. The standard InChI is InChI=1S/C54H34N2O.C10H14/c1-3-14-41(15-4-1)55-49-20-9-7-18-43(49)45-31-37(22-26-50(45)55)35-12-11-13-36(30-35)38-23-27-51-46(32-38)47-33-39(24-28-52(47)56(51)42-16-5-2-6-17-42)40-25-29-54-48(34-40)44-19-8-10-21-53(44)57-54;1-4-6-7-9-10(3)8-5-2/h1-34H;4-7,9H,2-3,8H2,1H3/b;6-4-,9-7-. The van der Waals surface area contributed by atoms with Crippen LogP contribution >= 0.6 is 0 Å². The van der Waals surface area contributed by atoms with Crippen LogP contribution in [0.25, 0.3) is 110 Å². The number of allylic oxidation sites excluding steroid dienone is 6. The van der Waals surface area contributed by atoms with Gasteiger partial charge in [0.05, 0.1) is 22.1 Å². The maximum atomic E-state index is 6.16. The number of furan rings is 1. The predicted octanol–water partition coefficient (Wildman–Crippen LogP) is 18.0. The Bertz CT molecular complexity index is 3870. The van der Waals surface area contributed by atoms with Crippen molar-refractivity contribution in [3.63, 3.8) is 0 Å². The summed E-state index contributed by atoms with van der Waals surface area (Å²) < 4.78 is 10.9. The fraction of sp³-hybridized carbons (Fsp3) is 0.0312. The van der Waals surface area contributed by atoms with Gasteiger partial charge < -0.3 is 13.6 Å². The molecule has 0 aliphatic rings.